The van der Waals surface area contributed by atoms with E-state index in [1.165, 1.54) is 10.6 Å². The van der Waals surface area contributed by atoms with E-state index in [1.54, 1.807) is 19.9 Å². The number of anilines is 2. The summed E-state index contributed by atoms with van der Waals surface area (Å²) in [6.07, 6.45) is 4.83. The number of nitrogen functional groups attached to an aromatic ring is 1. The van der Waals surface area contributed by atoms with Crippen LogP contribution in [0.4, 0.5) is 11.5 Å². The topological polar surface area (TPSA) is 118 Å². The molecule has 1 amide bonds. The van der Waals surface area contributed by atoms with Gasteiger partial charge in [0.2, 0.25) is 5.91 Å². The smallest absolute Gasteiger partial charge is 0.332 e. The normalized spacial score (nSPS) is 14.6. The lowest BCUT2D eigenvalue weighted by Gasteiger charge is -2.23. The maximum Gasteiger partial charge on any atom is 0.332 e. The molecule has 0 unspecified atom stereocenters. The fourth-order valence-electron chi connectivity index (χ4n) is 3.40. The lowest BCUT2D eigenvalue weighted by molar-refractivity contribution is -0.111. The fourth-order valence-corrected chi connectivity index (χ4v) is 3.40. The molecule has 2 aromatic rings. The first-order chi connectivity index (χ1) is 14.9. The van der Waals surface area contributed by atoms with Crippen molar-refractivity contribution in [2.45, 2.75) is 45.9 Å². The largest absolute Gasteiger partial charge is 0.490 e. The Morgan fingerprint density at radius 1 is 1.16 bits per heavy atom. The molecular weight excluding hydrogens is 400 g/mol. The van der Waals surface area contributed by atoms with Crippen molar-refractivity contribution in [3.05, 3.63) is 56.7 Å². The minimum Gasteiger partial charge on any atom is -0.490 e. The molecule has 1 aliphatic rings. The highest BCUT2D eigenvalue weighted by molar-refractivity contribution is 6.03. The Morgan fingerprint density at radius 2 is 1.81 bits per heavy atom. The van der Waals surface area contributed by atoms with Crippen molar-refractivity contribution in [2.75, 3.05) is 24.3 Å². The van der Waals surface area contributed by atoms with Crippen molar-refractivity contribution in [3.63, 3.8) is 0 Å². The zero-order valence-corrected chi connectivity index (χ0v) is 17.8. The Balaban J connectivity index is 1.69. The number of nitrogens with two attached hydrogens (primary N) is 1. The van der Waals surface area contributed by atoms with Crippen LogP contribution in [0.25, 0.3) is 6.08 Å². The zero-order valence-electron chi connectivity index (χ0n) is 17.8. The minimum absolute atomic E-state index is 0.0569. The first kappa shape index (κ1) is 22.4. The third kappa shape index (κ3) is 5.24. The standard InChI is InChI=1S/C22H28N4O5/c1-3-25-20(23)19(21(28)26(4-2)22(25)29)24-18(27)10-7-15-5-8-16(9-6-15)31-17-11-13-30-14-12-17/h5-10,17H,3-4,11-14,23H2,1-2H3,(H,24,27)/b10-7+. The molecule has 2 heterocycles. The van der Waals surface area contributed by atoms with Crippen LogP contribution in [0, 0.1) is 0 Å². The van der Waals surface area contributed by atoms with Crippen molar-refractivity contribution >= 4 is 23.5 Å². The molecule has 0 aliphatic carbocycles. The molecule has 166 valence electrons. The summed E-state index contributed by atoms with van der Waals surface area (Å²) in [5, 5.41) is 2.51. The van der Waals surface area contributed by atoms with Gasteiger partial charge in [-0.3, -0.25) is 18.7 Å². The fraction of sp³-hybridized carbons (Fsp3) is 0.409. The molecule has 0 saturated carbocycles. The molecule has 1 aliphatic heterocycles. The Labute approximate surface area is 180 Å². The average molecular weight is 428 g/mol. The van der Waals surface area contributed by atoms with Gasteiger partial charge in [-0.2, -0.15) is 0 Å². The summed E-state index contributed by atoms with van der Waals surface area (Å²) in [6.45, 7) is 5.31. The Kier molecular flexibility index (Phi) is 7.30. The second-order valence-electron chi connectivity index (χ2n) is 7.16. The first-order valence-electron chi connectivity index (χ1n) is 10.4. The summed E-state index contributed by atoms with van der Waals surface area (Å²) in [5.41, 5.74) is 5.54. The number of amides is 1. The Morgan fingerprint density at radius 3 is 2.42 bits per heavy atom. The van der Waals surface area contributed by atoms with Gasteiger partial charge in [-0.15, -0.1) is 0 Å². The van der Waals surface area contributed by atoms with Crippen molar-refractivity contribution in [1.82, 2.24) is 9.13 Å². The van der Waals surface area contributed by atoms with E-state index in [2.05, 4.69) is 5.32 Å². The van der Waals surface area contributed by atoms with E-state index in [0.717, 1.165) is 28.7 Å². The van der Waals surface area contributed by atoms with E-state index < -0.39 is 17.2 Å². The van der Waals surface area contributed by atoms with Crippen LogP contribution >= 0.6 is 0 Å². The summed E-state index contributed by atoms with van der Waals surface area (Å²) in [5.74, 6) is 0.192. The predicted octanol–water partition coefficient (Wildman–Crippen LogP) is 1.84. The third-order valence-corrected chi connectivity index (χ3v) is 5.13. The molecule has 0 bridgehead atoms. The van der Waals surface area contributed by atoms with Crippen LogP contribution in [0.1, 0.15) is 32.3 Å². The first-order valence-corrected chi connectivity index (χ1v) is 10.4. The van der Waals surface area contributed by atoms with Gasteiger partial charge in [-0.25, -0.2) is 4.79 Å². The van der Waals surface area contributed by atoms with Gasteiger partial charge < -0.3 is 20.5 Å². The van der Waals surface area contributed by atoms with Gasteiger partial charge in [0.1, 0.15) is 23.4 Å². The van der Waals surface area contributed by atoms with E-state index in [-0.39, 0.29) is 30.7 Å². The summed E-state index contributed by atoms with van der Waals surface area (Å²) in [4.78, 5) is 37.2. The Bertz CT molecular complexity index is 1060. The molecule has 1 fully saturated rings. The van der Waals surface area contributed by atoms with Gasteiger partial charge in [0.15, 0.2) is 0 Å². The maximum absolute atomic E-state index is 12.5. The molecule has 31 heavy (non-hydrogen) atoms. The van der Waals surface area contributed by atoms with Gasteiger partial charge in [0.05, 0.1) is 13.2 Å². The van der Waals surface area contributed by atoms with Gasteiger partial charge in [-0.1, -0.05) is 12.1 Å². The second-order valence-corrected chi connectivity index (χ2v) is 7.16. The van der Waals surface area contributed by atoms with Gasteiger partial charge in [-0.05, 0) is 37.6 Å². The molecular formula is C22H28N4O5. The number of ether oxygens (including phenoxy) is 2. The molecule has 3 N–H and O–H groups in total. The molecule has 1 saturated heterocycles. The number of nitrogens with zero attached hydrogens (tertiary/aromatic N) is 2. The highest BCUT2D eigenvalue weighted by Gasteiger charge is 2.17. The van der Waals surface area contributed by atoms with Gasteiger partial charge in [0.25, 0.3) is 5.56 Å². The van der Waals surface area contributed by atoms with E-state index in [0.29, 0.717) is 13.2 Å². The van der Waals surface area contributed by atoms with Crippen LogP contribution in [0.2, 0.25) is 0 Å². The van der Waals surface area contributed by atoms with E-state index in [9.17, 15) is 14.4 Å². The van der Waals surface area contributed by atoms with Gasteiger partial charge >= 0.3 is 5.69 Å². The van der Waals surface area contributed by atoms with E-state index >= 15 is 0 Å². The summed E-state index contributed by atoms with van der Waals surface area (Å²) < 4.78 is 13.5. The number of aromatic nitrogens is 2. The number of hydrogen-bond donors (Lipinski definition) is 2. The van der Waals surface area contributed by atoms with Crippen molar-refractivity contribution in [1.29, 1.82) is 0 Å². The molecule has 0 atom stereocenters. The van der Waals surface area contributed by atoms with Crippen LogP contribution in [-0.4, -0.2) is 34.4 Å². The number of hydrogen-bond acceptors (Lipinski definition) is 6. The number of carbonyl (C=O) groups excluding carboxylic acids is 1. The Hall–Kier alpha value is -3.33. The van der Waals surface area contributed by atoms with Crippen LogP contribution in [0.3, 0.4) is 0 Å². The van der Waals surface area contributed by atoms with Crippen LogP contribution < -0.4 is 27.0 Å². The van der Waals surface area contributed by atoms with Crippen molar-refractivity contribution in [3.8, 4) is 5.75 Å². The minimum atomic E-state index is -0.619. The van der Waals surface area contributed by atoms with Crippen LogP contribution in [0.5, 0.6) is 5.75 Å². The second kappa shape index (κ2) is 10.1. The predicted molar refractivity (Wildman–Crippen MR) is 119 cm³/mol. The number of carbonyl (C=O) groups is 1. The summed E-state index contributed by atoms with van der Waals surface area (Å²) in [7, 11) is 0. The molecule has 0 radical (unpaired) electrons. The van der Waals surface area contributed by atoms with E-state index in [4.69, 9.17) is 15.2 Å². The van der Waals surface area contributed by atoms with Crippen LogP contribution in [0.15, 0.2) is 39.9 Å². The highest BCUT2D eigenvalue weighted by atomic mass is 16.5. The molecule has 1 aromatic carbocycles. The monoisotopic (exact) mass is 428 g/mol. The number of nitrogens with one attached hydrogen (secondary N) is 1. The number of rotatable bonds is 7. The SMILES string of the molecule is CCn1c(N)c(NC(=O)/C=C/c2ccc(OC3CCOCC3)cc2)c(=O)n(CC)c1=O. The molecule has 3 rings (SSSR count). The maximum atomic E-state index is 12.5. The van der Waals surface area contributed by atoms with Crippen molar-refractivity contribution < 1.29 is 14.3 Å². The van der Waals surface area contributed by atoms with E-state index in [1.807, 2.05) is 24.3 Å². The lowest BCUT2D eigenvalue weighted by atomic mass is 10.1. The molecule has 1 aromatic heterocycles. The summed E-state index contributed by atoms with van der Waals surface area (Å²) in [6, 6.07) is 7.38. The van der Waals surface area contributed by atoms with Gasteiger partial charge in [0, 0.05) is 32.0 Å². The molecule has 9 nitrogen and oxygen atoms in total. The average Bonchev–Trinajstić information content (AvgIpc) is 2.77. The third-order valence-electron chi connectivity index (χ3n) is 5.13. The van der Waals surface area contributed by atoms with Crippen molar-refractivity contribution in [2.24, 2.45) is 0 Å². The lowest BCUT2D eigenvalue weighted by Crippen LogP contribution is -2.42. The highest BCUT2D eigenvalue weighted by Crippen LogP contribution is 2.19. The quantitative estimate of drug-likeness (QED) is 0.650. The summed E-state index contributed by atoms with van der Waals surface area (Å²) >= 11 is 0. The van der Waals surface area contributed by atoms with Crippen LogP contribution in [-0.2, 0) is 22.6 Å². The molecule has 9 heteroatoms. The number of benzene rings is 1. The molecule has 0 spiro atoms. The zero-order chi connectivity index (χ0) is 22.4.